The molecule has 1 saturated heterocycles. The largest absolute Gasteiger partial charge is 0.388 e. The van der Waals surface area contributed by atoms with E-state index in [1.54, 1.807) is 30.4 Å². The fraction of sp³-hybridized carbons (Fsp3) is 0.381. The molecule has 170 valence electrons. The Morgan fingerprint density at radius 3 is 2.69 bits per heavy atom. The van der Waals surface area contributed by atoms with Crippen LogP contribution in [0.4, 0.5) is 0 Å². The van der Waals surface area contributed by atoms with Gasteiger partial charge >= 0.3 is 0 Å². The highest BCUT2D eigenvalue weighted by Gasteiger charge is 2.46. The van der Waals surface area contributed by atoms with Gasteiger partial charge in [0.05, 0.1) is 5.02 Å². The second-order valence-electron chi connectivity index (χ2n) is 7.99. The summed E-state index contributed by atoms with van der Waals surface area (Å²) in [6, 6.07) is 8.08. The van der Waals surface area contributed by atoms with Gasteiger partial charge < -0.3 is 9.74 Å². The third-order valence-electron chi connectivity index (χ3n) is 5.72. The van der Waals surface area contributed by atoms with E-state index in [1.807, 2.05) is 12.1 Å². The van der Waals surface area contributed by atoms with Crippen molar-refractivity contribution in [1.29, 1.82) is 0 Å². The molecule has 2 aliphatic rings. The third kappa shape index (κ3) is 4.61. The number of pyridine rings is 1. The molecule has 2 aliphatic heterocycles. The maximum atomic E-state index is 13.0. The van der Waals surface area contributed by atoms with Crippen LogP contribution in [0.25, 0.3) is 0 Å². The van der Waals surface area contributed by atoms with Gasteiger partial charge in [0, 0.05) is 63.4 Å². The van der Waals surface area contributed by atoms with Gasteiger partial charge in [-0.05, 0) is 29.8 Å². The van der Waals surface area contributed by atoms with Crippen molar-refractivity contribution in [3.63, 3.8) is 0 Å². The number of hydrogen-bond donors (Lipinski definition) is 0. The highest BCUT2D eigenvalue weighted by Crippen LogP contribution is 2.37. The van der Waals surface area contributed by atoms with Crippen LogP contribution in [0.3, 0.4) is 0 Å². The summed E-state index contributed by atoms with van der Waals surface area (Å²) in [4.78, 5) is 24.1. The van der Waals surface area contributed by atoms with Crippen LogP contribution in [-0.2, 0) is 26.2 Å². The Labute approximate surface area is 196 Å². The molecule has 0 radical (unpaired) electrons. The van der Waals surface area contributed by atoms with Crippen LogP contribution >= 0.6 is 23.2 Å². The van der Waals surface area contributed by atoms with Crippen molar-refractivity contribution in [1.82, 2.24) is 14.2 Å². The van der Waals surface area contributed by atoms with Gasteiger partial charge in [-0.15, -0.1) is 0 Å². The lowest BCUT2D eigenvalue weighted by Crippen LogP contribution is -2.47. The van der Waals surface area contributed by atoms with E-state index in [0.717, 1.165) is 5.56 Å². The van der Waals surface area contributed by atoms with Crippen LogP contribution in [-0.4, -0.2) is 60.0 Å². The Morgan fingerprint density at radius 1 is 1.25 bits per heavy atom. The second-order valence-corrected chi connectivity index (χ2v) is 10.7. The molecule has 0 bridgehead atoms. The summed E-state index contributed by atoms with van der Waals surface area (Å²) in [6.07, 6.45) is 4.56. The zero-order chi connectivity index (χ0) is 22.9. The number of amides is 1. The van der Waals surface area contributed by atoms with Gasteiger partial charge in [0.1, 0.15) is 16.2 Å². The SMILES string of the molecule is CN(Cc1cccnc1)C(=O)C1=NOC2(CCN(S(=O)(=O)c3cc(Cl)ccc3Cl)CC2)C1. The average Bonchev–Trinajstić information content (AvgIpc) is 3.19. The summed E-state index contributed by atoms with van der Waals surface area (Å²) >= 11 is 12.1. The third-order valence-corrected chi connectivity index (χ3v) is 8.34. The standard InChI is InChI=1S/C21H22Cl2N4O4S/c1-26(14-15-3-2-8-24-13-15)20(28)18-12-21(31-25-18)6-9-27(10-7-21)32(29,30)19-11-16(22)4-5-17(19)23/h2-5,8,11,13H,6-7,9-10,12,14H2,1H3. The molecule has 4 rings (SSSR count). The summed E-state index contributed by atoms with van der Waals surface area (Å²) in [5.41, 5.74) is 0.575. The molecule has 1 fully saturated rings. The number of oxime groups is 1. The maximum Gasteiger partial charge on any atom is 0.271 e. The molecule has 0 atom stereocenters. The predicted octanol–water partition coefficient (Wildman–Crippen LogP) is 3.35. The lowest BCUT2D eigenvalue weighted by molar-refractivity contribution is -0.123. The molecule has 1 aromatic heterocycles. The van der Waals surface area contributed by atoms with E-state index in [-0.39, 0.29) is 28.9 Å². The number of benzene rings is 1. The number of nitrogens with zero attached hydrogens (tertiary/aromatic N) is 4. The number of rotatable bonds is 5. The highest BCUT2D eigenvalue weighted by atomic mass is 35.5. The van der Waals surface area contributed by atoms with Crippen molar-refractivity contribution >= 4 is 44.8 Å². The zero-order valence-corrected chi connectivity index (χ0v) is 19.7. The predicted molar refractivity (Wildman–Crippen MR) is 121 cm³/mol. The van der Waals surface area contributed by atoms with Crippen LogP contribution < -0.4 is 0 Å². The molecular formula is C21H22Cl2N4O4S. The van der Waals surface area contributed by atoms with E-state index in [1.165, 1.54) is 16.4 Å². The molecule has 1 amide bonds. The van der Waals surface area contributed by atoms with Crippen LogP contribution in [0, 0.1) is 0 Å². The van der Waals surface area contributed by atoms with E-state index in [9.17, 15) is 13.2 Å². The van der Waals surface area contributed by atoms with Crippen LogP contribution in [0.5, 0.6) is 0 Å². The van der Waals surface area contributed by atoms with Gasteiger partial charge in [0.2, 0.25) is 10.0 Å². The van der Waals surface area contributed by atoms with Gasteiger partial charge in [-0.3, -0.25) is 9.78 Å². The summed E-state index contributed by atoms with van der Waals surface area (Å²) in [5, 5.41) is 4.47. The molecule has 0 N–H and O–H groups in total. The zero-order valence-electron chi connectivity index (χ0n) is 17.4. The molecule has 0 saturated carbocycles. The minimum atomic E-state index is -3.80. The van der Waals surface area contributed by atoms with Gasteiger partial charge in [0.15, 0.2) is 0 Å². The Hall–Kier alpha value is -2.20. The first-order valence-electron chi connectivity index (χ1n) is 10.0. The minimum Gasteiger partial charge on any atom is -0.388 e. The van der Waals surface area contributed by atoms with Crippen LogP contribution in [0.1, 0.15) is 24.8 Å². The van der Waals surface area contributed by atoms with E-state index in [4.69, 9.17) is 28.0 Å². The number of halogens is 2. The molecule has 1 aromatic carbocycles. The molecular weight excluding hydrogens is 475 g/mol. The number of piperidine rings is 1. The van der Waals surface area contributed by atoms with E-state index in [2.05, 4.69) is 10.1 Å². The Balaban J connectivity index is 1.38. The number of aromatic nitrogens is 1. The van der Waals surface area contributed by atoms with Crippen LogP contribution in [0.2, 0.25) is 10.0 Å². The molecule has 8 nitrogen and oxygen atoms in total. The Morgan fingerprint density at radius 2 is 2.00 bits per heavy atom. The van der Waals surface area contributed by atoms with Crippen molar-refractivity contribution in [3.05, 3.63) is 58.3 Å². The summed E-state index contributed by atoms with van der Waals surface area (Å²) in [7, 11) is -2.10. The van der Waals surface area contributed by atoms with Crippen molar-refractivity contribution in [2.45, 2.75) is 36.3 Å². The topological polar surface area (TPSA) is 92.2 Å². The maximum absolute atomic E-state index is 13.0. The average molecular weight is 497 g/mol. The number of carbonyl (C=O) groups is 1. The first-order valence-corrected chi connectivity index (χ1v) is 12.2. The first-order chi connectivity index (χ1) is 15.2. The number of sulfonamides is 1. The van der Waals surface area contributed by atoms with E-state index < -0.39 is 15.6 Å². The van der Waals surface area contributed by atoms with Crippen molar-refractivity contribution in [3.8, 4) is 0 Å². The lowest BCUT2D eigenvalue weighted by Gasteiger charge is -2.36. The molecule has 0 aliphatic carbocycles. The van der Waals surface area contributed by atoms with Gasteiger partial charge in [-0.1, -0.05) is 34.4 Å². The van der Waals surface area contributed by atoms with Crippen molar-refractivity contribution in [2.24, 2.45) is 5.16 Å². The summed E-state index contributed by atoms with van der Waals surface area (Å²) < 4.78 is 27.5. The minimum absolute atomic E-state index is 0.0147. The first kappa shape index (κ1) is 23.0. The normalized spacial score (nSPS) is 18.3. The van der Waals surface area contributed by atoms with E-state index in [0.29, 0.717) is 36.5 Å². The fourth-order valence-electron chi connectivity index (χ4n) is 3.91. The Bertz CT molecular complexity index is 1150. The molecule has 32 heavy (non-hydrogen) atoms. The molecule has 1 spiro atoms. The van der Waals surface area contributed by atoms with Crippen molar-refractivity contribution < 1.29 is 18.0 Å². The highest BCUT2D eigenvalue weighted by molar-refractivity contribution is 7.89. The monoisotopic (exact) mass is 496 g/mol. The lowest BCUT2D eigenvalue weighted by atomic mass is 9.87. The molecule has 0 unspecified atom stereocenters. The fourth-order valence-corrected chi connectivity index (χ4v) is 6.09. The van der Waals surface area contributed by atoms with Gasteiger partial charge in [0.25, 0.3) is 5.91 Å². The van der Waals surface area contributed by atoms with Crippen molar-refractivity contribution in [2.75, 3.05) is 20.1 Å². The molecule has 11 heteroatoms. The van der Waals surface area contributed by atoms with E-state index >= 15 is 0 Å². The number of carbonyl (C=O) groups excluding carboxylic acids is 1. The molecule has 3 heterocycles. The second kappa shape index (κ2) is 8.97. The summed E-state index contributed by atoms with van der Waals surface area (Å²) in [6.45, 7) is 0.868. The number of hydrogen-bond acceptors (Lipinski definition) is 6. The smallest absolute Gasteiger partial charge is 0.271 e. The van der Waals surface area contributed by atoms with Crippen LogP contribution in [0.15, 0.2) is 52.8 Å². The molecule has 2 aromatic rings. The quantitative estimate of drug-likeness (QED) is 0.632. The summed E-state index contributed by atoms with van der Waals surface area (Å²) in [5.74, 6) is -0.216. The Kier molecular flexibility index (Phi) is 6.44. The van der Waals surface area contributed by atoms with Gasteiger partial charge in [-0.25, -0.2) is 8.42 Å². The van der Waals surface area contributed by atoms with Gasteiger partial charge in [-0.2, -0.15) is 4.31 Å².